The Labute approximate surface area is 90.3 Å². The van der Waals surface area contributed by atoms with Crippen LogP contribution in [0, 0.1) is 5.41 Å². The van der Waals surface area contributed by atoms with Gasteiger partial charge in [-0.3, -0.25) is 0 Å². The van der Waals surface area contributed by atoms with E-state index in [1.807, 2.05) is 6.07 Å². The molecule has 0 aliphatic carbocycles. The van der Waals surface area contributed by atoms with Crippen LogP contribution < -0.4 is 0 Å². The number of benzene rings is 1. The van der Waals surface area contributed by atoms with Crippen LogP contribution in [-0.4, -0.2) is 0 Å². The maximum absolute atomic E-state index is 13.3. The molecule has 0 fully saturated rings. The summed E-state index contributed by atoms with van der Waals surface area (Å²) in [6, 6.07) is 6.79. The monoisotopic (exact) mass is 212 g/mol. The molecule has 1 aromatic rings. The Kier molecular flexibility index (Phi) is 3.17. The van der Waals surface area contributed by atoms with Crippen LogP contribution in [0.2, 0.25) is 0 Å². The molecule has 0 radical (unpaired) electrons. The first-order valence-corrected chi connectivity index (χ1v) is 5.16. The minimum absolute atomic E-state index is 0.0291. The maximum atomic E-state index is 13.3. The summed E-state index contributed by atoms with van der Waals surface area (Å²) in [6.45, 7) is 7.11. The molecule has 2 heteroatoms. The predicted octanol–water partition coefficient (Wildman–Crippen LogP) is 4.39. The fourth-order valence-corrected chi connectivity index (χ4v) is 1.67. The predicted molar refractivity (Wildman–Crippen MR) is 59.2 cm³/mol. The highest BCUT2D eigenvalue weighted by atomic mass is 19.3. The first-order valence-electron chi connectivity index (χ1n) is 5.16. The van der Waals surface area contributed by atoms with Crippen molar-refractivity contribution in [1.82, 2.24) is 0 Å². The summed E-state index contributed by atoms with van der Waals surface area (Å²) in [5.41, 5.74) is 0.930. The topological polar surface area (TPSA) is 0 Å². The van der Waals surface area contributed by atoms with Crippen molar-refractivity contribution in [2.45, 2.75) is 40.0 Å². The second-order valence-corrected chi connectivity index (χ2v) is 5.28. The summed E-state index contributed by atoms with van der Waals surface area (Å²) in [7, 11) is 0. The van der Waals surface area contributed by atoms with Gasteiger partial charge in [-0.15, -0.1) is 0 Å². The van der Waals surface area contributed by atoms with Gasteiger partial charge in [-0.2, -0.15) is 0 Å². The van der Waals surface area contributed by atoms with Crippen molar-refractivity contribution in [2.24, 2.45) is 5.41 Å². The van der Waals surface area contributed by atoms with Crippen LogP contribution >= 0.6 is 0 Å². The highest BCUT2D eigenvalue weighted by Gasteiger charge is 2.28. The van der Waals surface area contributed by atoms with Crippen molar-refractivity contribution < 1.29 is 8.78 Å². The summed E-state index contributed by atoms with van der Waals surface area (Å²) in [6.07, 6.45) is 0.673. The molecule has 0 aliphatic rings. The zero-order valence-corrected chi connectivity index (χ0v) is 9.77. The number of alkyl halides is 2. The van der Waals surface area contributed by atoms with E-state index in [0.717, 1.165) is 12.5 Å². The Hall–Kier alpha value is -0.920. The van der Waals surface area contributed by atoms with Crippen LogP contribution in [0.3, 0.4) is 0 Å². The van der Waals surface area contributed by atoms with Crippen molar-refractivity contribution in [1.29, 1.82) is 0 Å². The Bertz CT molecular complexity index is 329. The van der Waals surface area contributed by atoms with E-state index in [4.69, 9.17) is 0 Å². The Balaban J connectivity index is 3.08. The minimum Gasteiger partial charge on any atom is -0.202 e. The Morgan fingerprint density at radius 3 is 2.00 bits per heavy atom. The van der Waals surface area contributed by atoms with Crippen LogP contribution in [0.4, 0.5) is 8.78 Å². The smallest absolute Gasteiger partial charge is 0.202 e. The largest absolute Gasteiger partial charge is 0.270 e. The molecule has 0 bridgehead atoms. The molecular weight excluding hydrogens is 194 g/mol. The van der Waals surface area contributed by atoms with Crippen molar-refractivity contribution >= 4 is 0 Å². The van der Waals surface area contributed by atoms with E-state index in [1.54, 1.807) is 12.1 Å². The van der Waals surface area contributed by atoms with Crippen LogP contribution in [0.1, 0.15) is 38.8 Å². The molecule has 0 spiro atoms. The first kappa shape index (κ1) is 12.2. The van der Waals surface area contributed by atoms with Gasteiger partial charge < -0.3 is 0 Å². The van der Waals surface area contributed by atoms with Gasteiger partial charge in [-0.05, 0) is 17.4 Å². The number of hydrogen-bond acceptors (Lipinski definition) is 0. The first-order chi connectivity index (χ1) is 6.70. The summed E-state index contributed by atoms with van der Waals surface area (Å²) in [5.74, 6) is -2.75. The van der Waals surface area contributed by atoms with Crippen molar-refractivity contribution in [2.75, 3.05) is 0 Å². The van der Waals surface area contributed by atoms with Gasteiger partial charge in [0, 0.05) is 12.5 Å². The molecule has 0 saturated heterocycles. The highest BCUT2D eigenvalue weighted by molar-refractivity contribution is 5.31. The molecule has 0 aromatic heterocycles. The van der Waals surface area contributed by atoms with Gasteiger partial charge >= 0.3 is 0 Å². The van der Waals surface area contributed by atoms with Crippen molar-refractivity contribution in [3.63, 3.8) is 0 Å². The molecule has 0 saturated carbocycles. The maximum Gasteiger partial charge on any atom is 0.270 e. The molecule has 0 nitrogen and oxygen atoms in total. The fourth-order valence-electron chi connectivity index (χ4n) is 1.67. The SMILES string of the molecule is CC(C)(C)Cc1ccccc1C(C)(F)F. The molecule has 0 unspecified atom stereocenters. The summed E-state index contributed by atoms with van der Waals surface area (Å²) in [5, 5.41) is 0. The Morgan fingerprint density at radius 2 is 1.53 bits per heavy atom. The summed E-state index contributed by atoms with van der Waals surface area (Å²) in [4.78, 5) is 0. The molecule has 0 aliphatic heterocycles. The molecule has 1 rings (SSSR count). The van der Waals surface area contributed by atoms with Gasteiger partial charge in [0.1, 0.15) is 0 Å². The summed E-state index contributed by atoms with van der Waals surface area (Å²) < 4.78 is 26.6. The van der Waals surface area contributed by atoms with Gasteiger partial charge in [0.05, 0.1) is 0 Å². The van der Waals surface area contributed by atoms with E-state index < -0.39 is 5.92 Å². The minimum atomic E-state index is -2.75. The molecular formula is C13H18F2. The lowest BCUT2D eigenvalue weighted by atomic mass is 9.85. The third-order valence-electron chi connectivity index (χ3n) is 2.21. The molecule has 0 atom stereocenters. The summed E-state index contributed by atoms with van der Waals surface area (Å²) >= 11 is 0. The molecule has 15 heavy (non-hydrogen) atoms. The van der Waals surface area contributed by atoms with Crippen LogP contribution in [0.15, 0.2) is 24.3 Å². The van der Waals surface area contributed by atoms with Crippen molar-refractivity contribution in [3.05, 3.63) is 35.4 Å². The Morgan fingerprint density at radius 1 is 1.00 bits per heavy atom. The lowest BCUT2D eigenvalue weighted by Gasteiger charge is -2.22. The van der Waals surface area contributed by atoms with Crippen LogP contribution in [0.5, 0.6) is 0 Å². The zero-order chi connectivity index (χ0) is 11.7. The van der Waals surface area contributed by atoms with E-state index in [0.29, 0.717) is 6.42 Å². The van der Waals surface area contributed by atoms with Gasteiger partial charge in [-0.1, -0.05) is 45.0 Å². The lowest BCUT2D eigenvalue weighted by Crippen LogP contribution is -2.16. The van der Waals surface area contributed by atoms with Crippen molar-refractivity contribution in [3.8, 4) is 0 Å². The third-order valence-corrected chi connectivity index (χ3v) is 2.21. The number of hydrogen-bond donors (Lipinski definition) is 0. The van der Waals surface area contributed by atoms with Gasteiger partial charge in [-0.25, -0.2) is 8.78 Å². The van der Waals surface area contributed by atoms with Crippen LogP contribution in [0.25, 0.3) is 0 Å². The molecule has 0 heterocycles. The molecule has 0 N–H and O–H groups in total. The second-order valence-electron chi connectivity index (χ2n) is 5.28. The average Bonchev–Trinajstić information content (AvgIpc) is 1.99. The number of halogens is 2. The third kappa shape index (κ3) is 3.61. The van der Waals surface area contributed by atoms with Gasteiger partial charge in [0.2, 0.25) is 0 Å². The number of rotatable bonds is 2. The molecule has 0 amide bonds. The second kappa shape index (κ2) is 3.92. The molecule has 1 aromatic carbocycles. The van der Waals surface area contributed by atoms with E-state index in [-0.39, 0.29) is 11.0 Å². The molecule has 84 valence electrons. The average molecular weight is 212 g/mol. The van der Waals surface area contributed by atoms with Gasteiger partial charge in [0.25, 0.3) is 5.92 Å². The highest BCUT2D eigenvalue weighted by Crippen LogP contribution is 2.32. The van der Waals surface area contributed by atoms with E-state index in [2.05, 4.69) is 20.8 Å². The quantitative estimate of drug-likeness (QED) is 0.682. The zero-order valence-electron chi connectivity index (χ0n) is 9.77. The van der Waals surface area contributed by atoms with Crippen LogP contribution in [-0.2, 0) is 12.3 Å². The fraction of sp³-hybridized carbons (Fsp3) is 0.538. The van der Waals surface area contributed by atoms with E-state index >= 15 is 0 Å². The van der Waals surface area contributed by atoms with E-state index in [9.17, 15) is 8.78 Å². The lowest BCUT2D eigenvalue weighted by molar-refractivity contribution is 0.0162. The standard InChI is InChI=1S/C13H18F2/c1-12(2,3)9-10-7-5-6-8-11(10)13(4,14)15/h5-8H,9H2,1-4H3. The van der Waals surface area contributed by atoms with Gasteiger partial charge in [0.15, 0.2) is 0 Å². The normalized spacial score (nSPS) is 12.9. The van der Waals surface area contributed by atoms with E-state index in [1.165, 1.54) is 6.07 Å².